The number of nitro benzene ring substituents is 1. The van der Waals surface area contributed by atoms with E-state index in [0.29, 0.717) is 6.54 Å². The molecular weight excluding hydrogens is 270 g/mol. The van der Waals surface area contributed by atoms with Crippen LogP contribution in [0.3, 0.4) is 0 Å². The molecule has 0 saturated heterocycles. The van der Waals surface area contributed by atoms with Gasteiger partial charge in [-0.1, -0.05) is 11.6 Å². The van der Waals surface area contributed by atoms with Gasteiger partial charge in [-0.15, -0.1) is 0 Å². The van der Waals surface area contributed by atoms with E-state index >= 15 is 0 Å². The summed E-state index contributed by atoms with van der Waals surface area (Å²) >= 11 is 5.71. The molecule has 0 heterocycles. The maximum absolute atomic E-state index is 12.1. The number of halogens is 1. The zero-order chi connectivity index (χ0) is 14.4. The Balaban J connectivity index is 2.89. The molecule has 1 amide bonds. The highest BCUT2D eigenvalue weighted by molar-refractivity contribution is 6.31. The summed E-state index contributed by atoms with van der Waals surface area (Å²) in [6, 6.07) is 4.05. The summed E-state index contributed by atoms with van der Waals surface area (Å²) in [6.45, 7) is 1.31. The Kier molecular flexibility index (Phi) is 5.72. The lowest BCUT2D eigenvalue weighted by Crippen LogP contribution is -2.29. The van der Waals surface area contributed by atoms with E-state index in [1.54, 1.807) is 7.05 Å². The van der Waals surface area contributed by atoms with Gasteiger partial charge in [-0.25, -0.2) is 0 Å². The van der Waals surface area contributed by atoms with E-state index in [1.165, 1.54) is 23.1 Å². The normalized spacial score (nSPS) is 10.3. The van der Waals surface area contributed by atoms with E-state index in [1.807, 2.05) is 7.05 Å². The first-order valence-corrected chi connectivity index (χ1v) is 6.19. The third-order valence-corrected chi connectivity index (χ3v) is 2.89. The average molecular weight is 286 g/mol. The number of nitro groups is 1. The monoisotopic (exact) mass is 285 g/mol. The van der Waals surface area contributed by atoms with E-state index in [2.05, 4.69) is 5.32 Å². The number of carbonyl (C=O) groups is 1. The predicted octanol–water partition coefficient (Wildman–Crippen LogP) is 1.93. The van der Waals surface area contributed by atoms with Crippen molar-refractivity contribution in [3.63, 3.8) is 0 Å². The van der Waals surface area contributed by atoms with Gasteiger partial charge in [0.1, 0.15) is 5.56 Å². The first-order valence-electron chi connectivity index (χ1n) is 5.81. The van der Waals surface area contributed by atoms with Gasteiger partial charge in [0.25, 0.3) is 11.6 Å². The molecular formula is C12H16ClN3O3. The van der Waals surface area contributed by atoms with Crippen LogP contribution in [0.5, 0.6) is 0 Å². The smallest absolute Gasteiger partial charge is 0.283 e. The topological polar surface area (TPSA) is 75.5 Å². The number of hydrogen-bond donors (Lipinski definition) is 1. The Labute approximate surface area is 116 Å². The van der Waals surface area contributed by atoms with Crippen molar-refractivity contribution in [2.24, 2.45) is 0 Å². The van der Waals surface area contributed by atoms with Gasteiger partial charge in [0.2, 0.25) is 0 Å². The third kappa shape index (κ3) is 4.18. The molecule has 0 radical (unpaired) electrons. The lowest BCUT2D eigenvalue weighted by atomic mass is 10.1. The van der Waals surface area contributed by atoms with Crippen molar-refractivity contribution in [3.8, 4) is 0 Å². The number of amides is 1. The largest absolute Gasteiger partial charge is 0.341 e. The summed E-state index contributed by atoms with van der Waals surface area (Å²) in [4.78, 5) is 23.9. The summed E-state index contributed by atoms with van der Waals surface area (Å²) in [5, 5.41) is 14.1. The molecule has 0 atom stereocenters. The van der Waals surface area contributed by atoms with Crippen molar-refractivity contribution < 1.29 is 9.72 Å². The highest BCUT2D eigenvalue weighted by Crippen LogP contribution is 2.24. The quantitative estimate of drug-likeness (QED) is 0.492. The predicted molar refractivity (Wildman–Crippen MR) is 73.6 cm³/mol. The molecule has 6 nitrogen and oxygen atoms in total. The van der Waals surface area contributed by atoms with Crippen LogP contribution < -0.4 is 5.32 Å². The van der Waals surface area contributed by atoms with E-state index in [-0.39, 0.29) is 22.2 Å². The molecule has 1 aromatic carbocycles. The molecule has 0 aliphatic rings. The minimum atomic E-state index is -0.597. The summed E-state index contributed by atoms with van der Waals surface area (Å²) in [5.41, 5.74) is -0.209. The summed E-state index contributed by atoms with van der Waals surface area (Å²) < 4.78 is 0. The summed E-state index contributed by atoms with van der Waals surface area (Å²) in [5.74, 6) is -0.375. The lowest BCUT2D eigenvalue weighted by Gasteiger charge is -2.17. The van der Waals surface area contributed by atoms with E-state index in [9.17, 15) is 14.9 Å². The molecule has 19 heavy (non-hydrogen) atoms. The maximum atomic E-state index is 12.1. The van der Waals surface area contributed by atoms with Gasteiger partial charge < -0.3 is 10.2 Å². The van der Waals surface area contributed by atoms with E-state index < -0.39 is 4.92 Å². The number of nitrogens with zero attached hydrogens (tertiary/aromatic N) is 2. The average Bonchev–Trinajstić information content (AvgIpc) is 2.38. The Morgan fingerprint density at radius 3 is 2.79 bits per heavy atom. The molecule has 0 aliphatic heterocycles. The Hall–Kier alpha value is -1.66. The van der Waals surface area contributed by atoms with Crippen LogP contribution in [0.25, 0.3) is 0 Å². The number of carbonyl (C=O) groups excluding carboxylic acids is 1. The van der Waals surface area contributed by atoms with Crippen LogP contribution in [0, 0.1) is 10.1 Å². The van der Waals surface area contributed by atoms with Gasteiger partial charge in [-0.2, -0.15) is 0 Å². The highest BCUT2D eigenvalue weighted by Gasteiger charge is 2.22. The number of benzene rings is 1. The standard InChI is InChI=1S/C12H16ClN3O3/c1-14-6-3-7-15(2)12(17)10-5-4-9(13)8-11(10)16(18)19/h4-5,8,14H,3,6-7H2,1-2H3. The van der Waals surface area contributed by atoms with Crippen molar-refractivity contribution in [2.45, 2.75) is 6.42 Å². The first-order chi connectivity index (χ1) is 8.97. The molecule has 7 heteroatoms. The Bertz CT molecular complexity index is 479. The summed E-state index contributed by atoms with van der Waals surface area (Å²) in [6.07, 6.45) is 0.778. The second kappa shape index (κ2) is 7.06. The van der Waals surface area contributed by atoms with Crippen molar-refractivity contribution in [2.75, 3.05) is 27.2 Å². The van der Waals surface area contributed by atoms with Crippen LogP contribution in [0.15, 0.2) is 18.2 Å². The highest BCUT2D eigenvalue weighted by atomic mass is 35.5. The molecule has 0 unspecified atom stereocenters. The second-order valence-electron chi connectivity index (χ2n) is 4.10. The fourth-order valence-electron chi connectivity index (χ4n) is 1.64. The van der Waals surface area contributed by atoms with Gasteiger partial charge >= 0.3 is 0 Å². The second-order valence-corrected chi connectivity index (χ2v) is 4.54. The Morgan fingerprint density at radius 1 is 1.53 bits per heavy atom. The van der Waals surface area contributed by atoms with Gasteiger partial charge in [0.05, 0.1) is 4.92 Å². The van der Waals surface area contributed by atoms with Crippen LogP contribution in [0.1, 0.15) is 16.8 Å². The van der Waals surface area contributed by atoms with Crippen molar-refractivity contribution in [3.05, 3.63) is 38.9 Å². The number of rotatable bonds is 6. The van der Waals surface area contributed by atoms with Crippen molar-refractivity contribution >= 4 is 23.2 Å². The van der Waals surface area contributed by atoms with E-state index in [0.717, 1.165) is 13.0 Å². The Morgan fingerprint density at radius 2 is 2.21 bits per heavy atom. The molecule has 104 valence electrons. The first kappa shape index (κ1) is 15.4. The minimum Gasteiger partial charge on any atom is -0.341 e. The van der Waals surface area contributed by atoms with Gasteiger partial charge in [-0.3, -0.25) is 14.9 Å². The van der Waals surface area contributed by atoms with Crippen LogP contribution in [0.2, 0.25) is 5.02 Å². The van der Waals surface area contributed by atoms with Crippen LogP contribution in [0.4, 0.5) is 5.69 Å². The van der Waals surface area contributed by atoms with Gasteiger partial charge in [0, 0.05) is 24.7 Å². The molecule has 0 saturated carbocycles. The molecule has 0 bridgehead atoms. The SMILES string of the molecule is CNCCCN(C)C(=O)c1ccc(Cl)cc1[N+](=O)[O-]. The molecule has 1 rings (SSSR count). The molecule has 1 N–H and O–H groups in total. The molecule has 0 spiro atoms. The maximum Gasteiger partial charge on any atom is 0.283 e. The van der Waals surface area contributed by atoms with Crippen molar-refractivity contribution in [1.82, 2.24) is 10.2 Å². The minimum absolute atomic E-state index is 0.0568. The zero-order valence-electron chi connectivity index (χ0n) is 10.9. The molecule has 0 aliphatic carbocycles. The third-order valence-electron chi connectivity index (χ3n) is 2.65. The molecule has 1 aromatic rings. The van der Waals surface area contributed by atoms with Crippen molar-refractivity contribution in [1.29, 1.82) is 0 Å². The van der Waals surface area contributed by atoms with Crippen LogP contribution in [-0.4, -0.2) is 42.9 Å². The zero-order valence-corrected chi connectivity index (χ0v) is 11.6. The van der Waals surface area contributed by atoms with E-state index in [4.69, 9.17) is 11.6 Å². The number of nitrogens with one attached hydrogen (secondary N) is 1. The molecule has 0 aromatic heterocycles. The van der Waals surface area contributed by atoms with Gasteiger partial charge in [-0.05, 0) is 32.1 Å². The number of hydrogen-bond acceptors (Lipinski definition) is 4. The fraction of sp³-hybridized carbons (Fsp3) is 0.417. The van der Waals surface area contributed by atoms with Crippen LogP contribution in [-0.2, 0) is 0 Å². The van der Waals surface area contributed by atoms with Gasteiger partial charge in [0.15, 0.2) is 0 Å². The molecule has 0 fully saturated rings. The summed E-state index contributed by atoms with van der Waals surface area (Å²) in [7, 11) is 3.45. The van der Waals surface area contributed by atoms with Crippen LogP contribution >= 0.6 is 11.6 Å². The lowest BCUT2D eigenvalue weighted by molar-refractivity contribution is -0.385. The fourth-order valence-corrected chi connectivity index (χ4v) is 1.80.